The van der Waals surface area contributed by atoms with Crippen LogP contribution in [0.2, 0.25) is 0 Å². The van der Waals surface area contributed by atoms with Gasteiger partial charge in [0.15, 0.2) is 5.43 Å². The number of nitrogens with one attached hydrogen (secondary N) is 1. The molecular formula is C12H18N2O3. The molecule has 0 spiro atoms. The van der Waals surface area contributed by atoms with E-state index in [9.17, 15) is 9.59 Å². The van der Waals surface area contributed by atoms with Crippen LogP contribution in [0.3, 0.4) is 0 Å². The molecule has 0 aliphatic rings. The van der Waals surface area contributed by atoms with Crippen molar-refractivity contribution in [2.75, 3.05) is 26.8 Å². The molecule has 0 bridgehead atoms. The summed E-state index contributed by atoms with van der Waals surface area (Å²) >= 11 is 0. The van der Waals surface area contributed by atoms with Gasteiger partial charge in [0.25, 0.3) is 5.91 Å². The van der Waals surface area contributed by atoms with Gasteiger partial charge in [0.1, 0.15) is 5.56 Å². The lowest BCUT2D eigenvalue weighted by Crippen LogP contribution is -2.36. The van der Waals surface area contributed by atoms with Crippen LogP contribution in [0.25, 0.3) is 0 Å². The largest absolute Gasteiger partial charge is 0.383 e. The van der Waals surface area contributed by atoms with Crippen molar-refractivity contribution in [1.82, 2.24) is 9.88 Å². The molecule has 1 aromatic rings. The highest BCUT2D eigenvalue weighted by Gasteiger charge is 2.16. The topological polar surface area (TPSA) is 62.4 Å². The van der Waals surface area contributed by atoms with E-state index in [1.54, 1.807) is 18.9 Å². The zero-order valence-corrected chi connectivity index (χ0v) is 10.4. The highest BCUT2D eigenvalue weighted by atomic mass is 16.5. The predicted octanol–water partition coefficient (Wildman–Crippen LogP) is 0.792. The van der Waals surface area contributed by atoms with E-state index in [1.165, 1.54) is 12.3 Å². The summed E-state index contributed by atoms with van der Waals surface area (Å²) in [6.07, 6.45) is 1.47. The van der Waals surface area contributed by atoms with E-state index in [2.05, 4.69) is 4.98 Å². The molecule has 5 nitrogen and oxygen atoms in total. The van der Waals surface area contributed by atoms with Crippen LogP contribution in [0, 0.1) is 6.92 Å². The first-order chi connectivity index (χ1) is 8.10. The lowest BCUT2D eigenvalue weighted by molar-refractivity contribution is 0.0705. The Morgan fingerprint density at radius 1 is 1.53 bits per heavy atom. The number of nitrogens with zero attached hydrogens (tertiary/aromatic N) is 1. The zero-order valence-electron chi connectivity index (χ0n) is 10.4. The van der Waals surface area contributed by atoms with E-state index in [1.807, 2.05) is 6.92 Å². The lowest BCUT2D eigenvalue weighted by atomic mass is 10.2. The number of aromatic amines is 1. The number of likely N-dealkylation sites (N-methyl/N-ethyl adjacent to an activating group) is 1. The molecule has 0 fully saturated rings. The minimum absolute atomic E-state index is 0.175. The van der Waals surface area contributed by atoms with Crippen LogP contribution in [0.4, 0.5) is 0 Å². The van der Waals surface area contributed by atoms with Gasteiger partial charge in [0, 0.05) is 38.2 Å². The normalized spacial score (nSPS) is 10.3. The minimum atomic E-state index is -0.259. The number of H-pyrrole nitrogens is 1. The fourth-order valence-corrected chi connectivity index (χ4v) is 1.52. The minimum Gasteiger partial charge on any atom is -0.383 e. The van der Waals surface area contributed by atoms with E-state index < -0.39 is 0 Å². The van der Waals surface area contributed by atoms with Crippen LogP contribution in [0.1, 0.15) is 23.0 Å². The van der Waals surface area contributed by atoms with Gasteiger partial charge in [-0.05, 0) is 13.8 Å². The second-order valence-corrected chi connectivity index (χ2v) is 3.77. The number of carbonyl (C=O) groups is 1. The predicted molar refractivity (Wildman–Crippen MR) is 65.3 cm³/mol. The first-order valence-corrected chi connectivity index (χ1v) is 5.57. The van der Waals surface area contributed by atoms with E-state index >= 15 is 0 Å². The molecule has 1 N–H and O–H groups in total. The Labute approximate surface area is 100 Å². The third-order valence-corrected chi connectivity index (χ3v) is 2.52. The van der Waals surface area contributed by atoms with E-state index in [0.29, 0.717) is 19.7 Å². The second-order valence-electron chi connectivity index (χ2n) is 3.77. The summed E-state index contributed by atoms with van der Waals surface area (Å²) in [4.78, 5) is 28.2. The molecule has 0 atom stereocenters. The number of pyridine rings is 1. The molecule has 0 aliphatic heterocycles. The summed E-state index contributed by atoms with van der Waals surface area (Å²) in [7, 11) is 1.58. The quantitative estimate of drug-likeness (QED) is 0.825. The summed E-state index contributed by atoms with van der Waals surface area (Å²) < 4.78 is 4.93. The zero-order chi connectivity index (χ0) is 12.8. The van der Waals surface area contributed by atoms with Gasteiger partial charge >= 0.3 is 0 Å². The molecule has 94 valence electrons. The van der Waals surface area contributed by atoms with Gasteiger partial charge in [-0.1, -0.05) is 0 Å². The summed E-state index contributed by atoms with van der Waals surface area (Å²) in [5.41, 5.74) is 0.669. The second kappa shape index (κ2) is 6.20. The molecule has 0 aromatic carbocycles. The maximum atomic E-state index is 12.1. The van der Waals surface area contributed by atoms with Crippen molar-refractivity contribution in [3.05, 3.63) is 33.7 Å². The van der Waals surface area contributed by atoms with Gasteiger partial charge in [-0.15, -0.1) is 0 Å². The molecule has 0 unspecified atom stereocenters. The maximum absolute atomic E-state index is 12.1. The van der Waals surface area contributed by atoms with Crippen molar-refractivity contribution in [3.8, 4) is 0 Å². The molecule has 1 aromatic heterocycles. The lowest BCUT2D eigenvalue weighted by Gasteiger charge is -2.20. The molecule has 5 heteroatoms. The molecule has 17 heavy (non-hydrogen) atoms. The molecule has 0 saturated carbocycles. The van der Waals surface area contributed by atoms with Gasteiger partial charge in [-0.2, -0.15) is 0 Å². The van der Waals surface area contributed by atoms with Gasteiger partial charge in [-0.25, -0.2) is 0 Å². The number of ether oxygens (including phenoxy) is 1. The average Bonchev–Trinajstić information content (AvgIpc) is 2.29. The van der Waals surface area contributed by atoms with Crippen LogP contribution in [-0.2, 0) is 4.74 Å². The molecule has 1 heterocycles. The highest BCUT2D eigenvalue weighted by Crippen LogP contribution is 2.00. The number of aryl methyl sites for hydroxylation is 1. The SMILES string of the molecule is CCN(CCOC)C(=O)c1c[nH]c(C)cc1=O. The van der Waals surface area contributed by atoms with Gasteiger partial charge in [-0.3, -0.25) is 9.59 Å². The Kier molecular flexibility index (Phi) is 4.90. The molecule has 1 amide bonds. The number of amides is 1. The summed E-state index contributed by atoms with van der Waals surface area (Å²) in [5.74, 6) is -0.259. The van der Waals surface area contributed by atoms with E-state index in [-0.39, 0.29) is 16.9 Å². The van der Waals surface area contributed by atoms with Gasteiger partial charge in [0.05, 0.1) is 6.61 Å². The van der Waals surface area contributed by atoms with Crippen molar-refractivity contribution in [2.45, 2.75) is 13.8 Å². The number of methoxy groups -OCH3 is 1. The number of carbonyl (C=O) groups excluding carboxylic acids is 1. The highest BCUT2D eigenvalue weighted by molar-refractivity contribution is 5.93. The monoisotopic (exact) mass is 238 g/mol. The fourth-order valence-electron chi connectivity index (χ4n) is 1.52. The van der Waals surface area contributed by atoms with Crippen LogP contribution in [0.5, 0.6) is 0 Å². The third-order valence-electron chi connectivity index (χ3n) is 2.52. The Balaban J connectivity index is 2.90. The van der Waals surface area contributed by atoms with Crippen molar-refractivity contribution in [1.29, 1.82) is 0 Å². The van der Waals surface area contributed by atoms with Gasteiger partial charge in [0.2, 0.25) is 0 Å². The smallest absolute Gasteiger partial charge is 0.259 e. The van der Waals surface area contributed by atoms with Crippen LogP contribution >= 0.6 is 0 Å². The van der Waals surface area contributed by atoms with Crippen molar-refractivity contribution < 1.29 is 9.53 Å². The first-order valence-electron chi connectivity index (χ1n) is 5.57. The molecule has 1 rings (SSSR count). The van der Waals surface area contributed by atoms with Crippen LogP contribution in [-0.4, -0.2) is 42.6 Å². The number of aromatic nitrogens is 1. The maximum Gasteiger partial charge on any atom is 0.259 e. The van der Waals surface area contributed by atoms with Crippen molar-refractivity contribution in [3.63, 3.8) is 0 Å². The first kappa shape index (κ1) is 13.4. The third kappa shape index (κ3) is 3.42. The Bertz CT molecular complexity index is 440. The average molecular weight is 238 g/mol. The molecular weight excluding hydrogens is 220 g/mol. The molecule has 0 radical (unpaired) electrons. The summed E-state index contributed by atoms with van der Waals surface area (Å²) in [6, 6.07) is 1.43. The number of rotatable bonds is 5. The van der Waals surface area contributed by atoms with Crippen LogP contribution < -0.4 is 5.43 Å². The Hall–Kier alpha value is -1.62. The molecule has 0 aliphatic carbocycles. The van der Waals surface area contributed by atoms with E-state index in [0.717, 1.165) is 5.69 Å². The van der Waals surface area contributed by atoms with E-state index in [4.69, 9.17) is 4.74 Å². The van der Waals surface area contributed by atoms with Crippen molar-refractivity contribution in [2.24, 2.45) is 0 Å². The Morgan fingerprint density at radius 3 is 2.76 bits per heavy atom. The standard InChI is InChI=1S/C12H18N2O3/c1-4-14(5-6-17-3)12(16)10-8-13-9(2)7-11(10)15/h7-8H,4-6H2,1-3H3,(H,13,15). The number of hydrogen-bond acceptors (Lipinski definition) is 3. The fraction of sp³-hybridized carbons (Fsp3) is 0.500. The van der Waals surface area contributed by atoms with Crippen molar-refractivity contribution >= 4 is 5.91 Å². The van der Waals surface area contributed by atoms with Crippen LogP contribution in [0.15, 0.2) is 17.1 Å². The number of hydrogen-bond donors (Lipinski definition) is 1. The molecule has 0 saturated heterocycles. The van der Waals surface area contributed by atoms with Gasteiger partial charge < -0.3 is 14.6 Å². The Morgan fingerprint density at radius 2 is 2.24 bits per heavy atom. The summed E-state index contributed by atoms with van der Waals surface area (Å²) in [6.45, 7) is 5.14. The summed E-state index contributed by atoms with van der Waals surface area (Å²) in [5, 5.41) is 0.